The lowest BCUT2D eigenvalue weighted by Crippen LogP contribution is -2.22. The van der Waals surface area contributed by atoms with Crippen molar-refractivity contribution in [1.29, 1.82) is 0 Å². The van der Waals surface area contributed by atoms with Gasteiger partial charge >= 0.3 is 0 Å². The second-order valence-corrected chi connectivity index (χ2v) is 7.46. The van der Waals surface area contributed by atoms with Crippen LogP contribution in [0.3, 0.4) is 0 Å². The van der Waals surface area contributed by atoms with Crippen molar-refractivity contribution in [2.75, 3.05) is 18.2 Å². The maximum Gasteiger partial charge on any atom is 0.226 e. The molecule has 2 aromatic carbocycles. The van der Waals surface area contributed by atoms with Crippen LogP contribution in [0.25, 0.3) is 0 Å². The second kappa shape index (κ2) is 7.47. The van der Waals surface area contributed by atoms with Crippen molar-refractivity contribution < 1.29 is 18.7 Å². The number of rotatable bonds is 5. The first-order valence-corrected chi connectivity index (χ1v) is 9.46. The van der Waals surface area contributed by atoms with Crippen LogP contribution in [-0.4, -0.2) is 18.0 Å². The lowest BCUT2D eigenvalue weighted by atomic mass is 9.91. The van der Waals surface area contributed by atoms with Gasteiger partial charge in [0, 0.05) is 12.3 Å². The number of fused-ring (bicyclic) bond motifs is 1. The van der Waals surface area contributed by atoms with Gasteiger partial charge < -0.3 is 20.5 Å². The van der Waals surface area contributed by atoms with Gasteiger partial charge in [-0.05, 0) is 35.4 Å². The fraction of sp³-hybridized carbons (Fsp3) is 0.200. The van der Waals surface area contributed by atoms with Gasteiger partial charge in [-0.1, -0.05) is 29.5 Å². The van der Waals surface area contributed by atoms with Crippen LogP contribution in [-0.2, 0) is 11.4 Å². The van der Waals surface area contributed by atoms with Gasteiger partial charge in [0.1, 0.15) is 18.2 Å². The van der Waals surface area contributed by atoms with Gasteiger partial charge in [-0.15, -0.1) is 0 Å². The number of carbonyl (C=O) groups excluding carboxylic acids is 1. The van der Waals surface area contributed by atoms with E-state index in [1.165, 1.54) is 23.5 Å². The molecule has 0 saturated heterocycles. The van der Waals surface area contributed by atoms with Crippen molar-refractivity contribution in [2.45, 2.75) is 18.9 Å². The molecule has 1 aliphatic rings. The Hall–Kier alpha value is -3.13. The Morgan fingerprint density at radius 2 is 2.14 bits per heavy atom. The maximum absolute atomic E-state index is 13.3. The van der Waals surface area contributed by atoms with Crippen molar-refractivity contribution in [3.8, 4) is 11.5 Å². The third-order valence-electron chi connectivity index (χ3n) is 4.51. The molecule has 1 amide bonds. The summed E-state index contributed by atoms with van der Waals surface area (Å²) >= 11 is 1.37. The summed E-state index contributed by atoms with van der Waals surface area (Å²) in [5.74, 6) is 1.05. The molecule has 0 aliphatic carbocycles. The lowest BCUT2D eigenvalue weighted by Gasteiger charge is -2.22. The van der Waals surface area contributed by atoms with Crippen LogP contribution in [0.1, 0.15) is 28.3 Å². The lowest BCUT2D eigenvalue weighted by molar-refractivity contribution is -0.116. The number of nitrogens with zero attached hydrogens (tertiary/aromatic N) is 1. The minimum Gasteiger partial charge on any atom is -0.493 e. The normalized spacial score (nSPS) is 15.6. The number of aromatic nitrogens is 1. The van der Waals surface area contributed by atoms with E-state index in [0.717, 1.165) is 16.0 Å². The fourth-order valence-corrected chi connectivity index (χ4v) is 4.13. The summed E-state index contributed by atoms with van der Waals surface area (Å²) < 4.78 is 24.6. The molecule has 0 bridgehead atoms. The molecule has 1 atom stereocenters. The molecule has 144 valence electrons. The predicted octanol–water partition coefficient (Wildman–Crippen LogP) is 3.93. The fourth-order valence-electron chi connectivity index (χ4n) is 3.21. The molecule has 1 aliphatic heterocycles. The second-order valence-electron chi connectivity index (χ2n) is 6.40. The topological polar surface area (TPSA) is 86.5 Å². The van der Waals surface area contributed by atoms with E-state index in [0.29, 0.717) is 28.9 Å². The molecule has 3 N–H and O–H groups in total. The van der Waals surface area contributed by atoms with E-state index in [2.05, 4.69) is 10.3 Å². The SMILES string of the molecule is COc1cc(C2CC(=O)Nc3nc(N)sc32)ccc1OCc1cccc(F)c1. The van der Waals surface area contributed by atoms with Gasteiger partial charge in [0.15, 0.2) is 16.6 Å². The van der Waals surface area contributed by atoms with Crippen molar-refractivity contribution in [3.63, 3.8) is 0 Å². The summed E-state index contributed by atoms with van der Waals surface area (Å²) in [5, 5.41) is 3.17. The van der Waals surface area contributed by atoms with Gasteiger partial charge in [0.05, 0.1) is 12.0 Å². The number of benzene rings is 2. The van der Waals surface area contributed by atoms with Crippen LogP contribution < -0.4 is 20.5 Å². The zero-order valence-corrected chi connectivity index (χ0v) is 15.9. The molecule has 2 heterocycles. The quantitative estimate of drug-likeness (QED) is 0.679. The van der Waals surface area contributed by atoms with E-state index in [9.17, 15) is 9.18 Å². The van der Waals surface area contributed by atoms with Gasteiger partial charge in [0.25, 0.3) is 0 Å². The van der Waals surface area contributed by atoms with Crippen LogP contribution in [0, 0.1) is 5.82 Å². The Labute approximate surface area is 165 Å². The van der Waals surface area contributed by atoms with Crippen LogP contribution in [0.15, 0.2) is 42.5 Å². The number of thiazole rings is 1. The third-order valence-corrected chi connectivity index (χ3v) is 5.51. The van der Waals surface area contributed by atoms with Crippen LogP contribution in [0.4, 0.5) is 15.3 Å². The molecule has 8 heteroatoms. The Kier molecular flexibility index (Phi) is 4.87. The highest BCUT2D eigenvalue weighted by molar-refractivity contribution is 7.16. The van der Waals surface area contributed by atoms with Crippen molar-refractivity contribution in [3.05, 3.63) is 64.3 Å². The Balaban J connectivity index is 1.59. The standard InChI is InChI=1S/C20H18FN3O3S/c1-26-16-8-12(14-9-17(25)23-19-18(14)28-20(22)24-19)5-6-15(16)27-10-11-3-2-4-13(21)7-11/h2-8,14H,9-10H2,1H3,(H2,22,24)(H,23,25). The number of methoxy groups -OCH3 is 1. The molecule has 4 rings (SSSR count). The number of nitrogens with two attached hydrogens (primary N) is 1. The number of ether oxygens (including phenoxy) is 2. The van der Waals surface area contributed by atoms with Crippen molar-refractivity contribution in [2.24, 2.45) is 0 Å². The number of hydrogen-bond donors (Lipinski definition) is 2. The van der Waals surface area contributed by atoms with Gasteiger partial charge in [-0.3, -0.25) is 4.79 Å². The number of nitrogens with one attached hydrogen (secondary N) is 1. The summed E-state index contributed by atoms with van der Waals surface area (Å²) in [7, 11) is 1.55. The molecular weight excluding hydrogens is 381 g/mol. The molecule has 0 saturated carbocycles. The zero-order valence-electron chi connectivity index (χ0n) is 15.1. The Morgan fingerprint density at radius 1 is 1.29 bits per heavy atom. The zero-order chi connectivity index (χ0) is 19.7. The number of carbonyl (C=O) groups is 1. The minimum absolute atomic E-state index is 0.104. The Morgan fingerprint density at radius 3 is 2.93 bits per heavy atom. The molecule has 3 aromatic rings. The highest BCUT2D eigenvalue weighted by Crippen LogP contribution is 2.43. The molecule has 0 radical (unpaired) electrons. The van der Waals surface area contributed by atoms with E-state index >= 15 is 0 Å². The van der Waals surface area contributed by atoms with Crippen molar-refractivity contribution in [1.82, 2.24) is 4.98 Å². The van der Waals surface area contributed by atoms with Crippen LogP contribution in [0.5, 0.6) is 11.5 Å². The van der Waals surface area contributed by atoms with Gasteiger partial charge in [-0.2, -0.15) is 0 Å². The van der Waals surface area contributed by atoms with E-state index < -0.39 is 0 Å². The molecule has 1 unspecified atom stereocenters. The number of nitrogen functional groups attached to an aromatic ring is 1. The summed E-state index contributed by atoms with van der Waals surface area (Å²) in [6.45, 7) is 0.217. The molecular formula is C20H18FN3O3S. The van der Waals surface area contributed by atoms with Crippen LogP contribution in [0.2, 0.25) is 0 Å². The van der Waals surface area contributed by atoms with Crippen LogP contribution >= 0.6 is 11.3 Å². The van der Waals surface area contributed by atoms with E-state index in [-0.39, 0.29) is 24.2 Å². The third kappa shape index (κ3) is 3.63. The first-order chi connectivity index (χ1) is 13.5. The first-order valence-electron chi connectivity index (χ1n) is 8.64. The molecule has 0 spiro atoms. The van der Waals surface area contributed by atoms with Crippen molar-refractivity contribution >= 4 is 28.2 Å². The smallest absolute Gasteiger partial charge is 0.226 e. The summed E-state index contributed by atoms with van der Waals surface area (Å²) in [5.41, 5.74) is 7.45. The van der Waals surface area contributed by atoms with Gasteiger partial charge in [-0.25, -0.2) is 9.37 Å². The summed E-state index contributed by atoms with van der Waals surface area (Å²) in [6, 6.07) is 11.8. The average Bonchev–Trinajstić information content (AvgIpc) is 3.05. The molecule has 1 aromatic heterocycles. The summed E-state index contributed by atoms with van der Waals surface area (Å²) in [6.07, 6.45) is 0.307. The predicted molar refractivity (Wildman–Crippen MR) is 105 cm³/mol. The summed E-state index contributed by atoms with van der Waals surface area (Å²) in [4.78, 5) is 17.2. The molecule has 0 fully saturated rings. The Bertz CT molecular complexity index is 1040. The molecule has 6 nitrogen and oxygen atoms in total. The number of hydrogen-bond acceptors (Lipinski definition) is 6. The monoisotopic (exact) mass is 399 g/mol. The number of amides is 1. The number of halogens is 1. The first kappa shape index (κ1) is 18.2. The van der Waals surface area contributed by atoms with E-state index in [4.69, 9.17) is 15.2 Å². The highest BCUT2D eigenvalue weighted by Gasteiger charge is 2.30. The molecule has 28 heavy (non-hydrogen) atoms. The maximum atomic E-state index is 13.3. The highest BCUT2D eigenvalue weighted by atomic mass is 32.1. The average molecular weight is 399 g/mol. The van der Waals surface area contributed by atoms with Gasteiger partial charge in [0.2, 0.25) is 5.91 Å². The largest absolute Gasteiger partial charge is 0.493 e. The van der Waals surface area contributed by atoms with E-state index in [1.54, 1.807) is 25.3 Å². The van der Waals surface area contributed by atoms with E-state index in [1.807, 2.05) is 12.1 Å². The number of anilines is 2. The minimum atomic E-state index is -0.307.